The van der Waals surface area contributed by atoms with Gasteiger partial charge in [-0.2, -0.15) is 4.31 Å². The topological polar surface area (TPSA) is 57.7 Å². The Morgan fingerprint density at radius 1 is 1.18 bits per heavy atom. The van der Waals surface area contributed by atoms with Crippen LogP contribution in [0.15, 0.2) is 54.5 Å². The quantitative estimate of drug-likeness (QED) is 0.680. The van der Waals surface area contributed by atoms with Gasteiger partial charge in [-0.25, -0.2) is 8.42 Å². The summed E-state index contributed by atoms with van der Waals surface area (Å²) in [5.74, 6) is -0.320. The molecule has 1 aromatic carbocycles. The molecular formula is C15H19ClN2O3S. The minimum atomic E-state index is -3.74. The molecule has 22 heavy (non-hydrogen) atoms. The molecule has 0 unspecified atom stereocenters. The lowest BCUT2D eigenvalue weighted by Crippen LogP contribution is -2.41. The van der Waals surface area contributed by atoms with E-state index >= 15 is 0 Å². The molecule has 5 nitrogen and oxygen atoms in total. The van der Waals surface area contributed by atoms with Crippen LogP contribution < -0.4 is 0 Å². The Kier molecular flexibility index (Phi) is 6.80. The van der Waals surface area contributed by atoms with Crippen molar-refractivity contribution in [3.63, 3.8) is 0 Å². The Morgan fingerprint density at radius 3 is 2.14 bits per heavy atom. The van der Waals surface area contributed by atoms with E-state index in [1.54, 1.807) is 12.2 Å². The largest absolute Gasteiger partial charge is 0.334 e. The second-order valence-electron chi connectivity index (χ2n) is 4.59. The lowest BCUT2D eigenvalue weighted by molar-refractivity contribution is -0.130. The zero-order chi connectivity index (χ0) is 16.8. The van der Waals surface area contributed by atoms with Crippen LogP contribution in [0.1, 0.15) is 0 Å². The zero-order valence-electron chi connectivity index (χ0n) is 12.4. The molecule has 0 atom stereocenters. The molecule has 0 bridgehead atoms. The predicted molar refractivity (Wildman–Crippen MR) is 88.2 cm³/mol. The molecule has 0 aliphatic carbocycles. The van der Waals surface area contributed by atoms with Crippen molar-refractivity contribution in [2.45, 2.75) is 4.90 Å². The van der Waals surface area contributed by atoms with Gasteiger partial charge in [0.2, 0.25) is 15.9 Å². The molecule has 0 fully saturated rings. The maximum atomic E-state index is 12.4. The maximum absolute atomic E-state index is 12.4. The van der Waals surface area contributed by atoms with Crippen molar-refractivity contribution in [2.75, 3.05) is 26.7 Å². The van der Waals surface area contributed by atoms with Crippen LogP contribution in [0.5, 0.6) is 0 Å². The molecular weight excluding hydrogens is 324 g/mol. The number of rotatable bonds is 8. The number of carbonyl (C=O) groups excluding carboxylic acids is 1. The first-order valence-corrected chi connectivity index (χ1v) is 8.36. The average Bonchev–Trinajstić information content (AvgIpc) is 2.47. The Bertz CT molecular complexity index is 631. The predicted octanol–water partition coefficient (Wildman–Crippen LogP) is 2.16. The minimum Gasteiger partial charge on any atom is -0.334 e. The molecule has 0 N–H and O–H groups in total. The Balaban J connectivity index is 2.88. The highest BCUT2D eigenvalue weighted by molar-refractivity contribution is 7.89. The molecule has 0 aromatic heterocycles. The van der Waals surface area contributed by atoms with Crippen LogP contribution in [0.4, 0.5) is 0 Å². The fourth-order valence-corrected chi connectivity index (χ4v) is 3.00. The number of hydrogen-bond acceptors (Lipinski definition) is 3. The van der Waals surface area contributed by atoms with Gasteiger partial charge in [0.1, 0.15) is 0 Å². The van der Waals surface area contributed by atoms with Crippen LogP contribution in [0.2, 0.25) is 5.02 Å². The highest BCUT2D eigenvalue weighted by atomic mass is 35.5. The average molecular weight is 343 g/mol. The number of halogens is 1. The smallest absolute Gasteiger partial charge is 0.243 e. The van der Waals surface area contributed by atoms with Crippen molar-refractivity contribution in [1.29, 1.82) is 0 Å². The highest BCUT2D eigenvalue weighted by Gasteiger charge is 2.24. The first-order chi connectivity index (χ1) is 10.3. The number of nitrogens with zero attached hydrogens (tertiary/aromatic N) is 2. The van der Waals surface area contributed by atoms with Gasteiger partial charge in [0.05, 0.1) is 11.4 Å². The van der Waals surface area contributed by atoms with Gasteiger partial charge in [-0.3, -0.25) is 4.79 Å². The van der Waals surface area contributed by atoms with Crippen LogP contribution >= 0.6 is 11.6 Å². The molecule has 1 amide bonds. The van der Waals surface area contributed by atoms with E-state index in [2.05, 4.69) is 13.2 Å². The standard InChI is InChI=1S/C15H19ClN2O3S/c1-4-10-18(11-5-2)15(19)12-17(3)22(20,21)14-8-6-13(16)7-9-14/h4-9H,1-2,10-12H2,3H3. The highest BCUT2D eigenvalue weighted by Crippen LogP contribution is 2.17. The number of carbonyl (C=O) groups is 1. The molecule has 0 spiro atoms. The monoisotopic (exact) mass is 342 g/mol. The third-order valence-electron chi connectivity index (χ3n) is 2.93. The van der Waals surface area contributed by atoms with Gasteiger partial charge in [-0.1, -0.05) is 23.8 Å². The first-order valence-electron chi connectivity index (χ1n) is 6.54. The molecule has 0 radical (unpaired) electrons. The zero-order valence-corrected chi connectivity index (χ0v) is 14.0. The summed E-state index contributed by atoms with van der Waals surface area (Å²) in [6.07, 6.45) is 3.16. The fourth-order valence-electron chi connectivity index (χ4n) is 1.75. The van der Waals surface area contributed by atoms with Crippen LogP contribution in [-0.4, -0.2) is 50.2 Å². The summed E-state index contributed by atoms with van der Waals surface area (Å²) in [6, 6.07) is 5.80. The number of benzene rings is 1. The van der Waals surface area contributed by atoms with E-state index < -0.39 is 10.0 Å². The van der Waals surface area contributed by atoms with Gasteiger partial charge in [0.25, 0.3) is 0 Å². The summed E-state index contributed by atoms with van der Waals surface area (Å²) < 4.78 is 25.8. The van der Waals surface area contributed by atoms with Gasteiger partial charge in [-0.15, -0.1) is 13.2 Å². The van der Waals surface area contributed by atoms with Crippen LogP contribution in [-0.2, 0) is 14.8 Å². The summed E-state index contributed by atoms with van der Waals surface area (Å²) in [5.41, 5.74) is 0. The number of hydrogen-bond donors (Lipinski definition) is 0. The van der Waals surface area contributed by atoms with Gasteiger partial charge in [0, 0.05) is 25.2 Å². The molecule has 1 aromatic rings. The van der Waals surface area contributed by atoms with Crippen LogP contribution in [0.3, 0.4) is 0 Å². The third kappa shape index (κ3) is 4.69. The van der Waals surface area contributed by atoms with Gasteiger partial charge < -0.3 is 4.90 Å². The molecule has 0 aliphatic heterocycles. The molecule has 0 saturated heterocycles. The minimum absolute atomic E-state index is 0.0891. The van der Waals surface area contributed by atoms with E-state index in [0.29, 0.717) is 18.1 Å². The first kappa shape index (κ1) is 18.4. The van der Waals surface area contributed by atoms with Gasteiger partial charge in [-0.05, 0) is 24.3 Å². The molecule has 1 rings (SSSR count). The Morgan fingerprint density at radius 2 is 1.68 bits per heavy atom. The number of amides is 1. The number of sulfonamides is 1. The van der Waals surface area contributed by atoms with Crippen LogP contribution in [0, 0.1) is 0 Å². The molecule has 120 valence electrons. The van der Waals surface area contributed by atoms with Gasteiger partial charge >= 0.3 is 0 Å². The fraction of sp³-hybridized carbons (Fsp3) is 0.267. The third-order valence-corrected chi connectivity index (χ3v) is 5.00. The Hall–Kier alpha value is -1.63. The maximum Gasteiger partial charge on any atom is 0.243 e. The molecule has 0 saturated carbocycles. The molecule has 0 aliphatic rings. The van der Waals surface area contributed by atoms with Crippen molar-refractivity contribution < 1.29 is 13.2 Å². The number of likely N-dealkylation sites (N-methyl/N-ethyl adjacent to an activating group) is 1. The second-order valence-corrected chi connectivity index (χ2v) is 7.07. The van der Waals surface area contributed by atoms with E-state index in [-0.39, 0.29) is 17.3 Å². The van der Waals surface area contributed by atoms with Crippen molar-refractivity contribution in [1.82, 2.24) is 9.21 Å². The summed E-state index contributed by atoms with van der Waals surface area (Å²) in [6.45, 7) is 7.56. The SMILES string of the molecule is C=CCN(CC=C)C(=O)CN(C)S(=O)(=O)c1ccc(Cl)cc1. The van der Waals surface area contributed by atoms with Crippen molar-refractivity contribution in [3.05, 3.63) is 54.6 Å². The normalized spacial score (nSPS) is 11.2. The Labute approximate surface area is 136 Å². The van der Waals surface area contributed by atoms with E-state index in [1.807, 2.05) is 0 Å². The lowest BCUT2D eigenvalue weighted by atomic mass is 10.4. The summed E-state index contributed by atoms with van der Waals surface area (Å²) in [7, 11) is -2.38. The van der Waals surface area contributed by atoms with Crippen LogP contribution in [0.25, 0.3) is 0 Å². The lowest BCUT2D eigenvalue weighted by Gasteiger charge is -2.23. The summed E-state index contributed by atoms with van der Waals surface area (Å²) in [4.78, 5) is 13.7. The van der Waals surface area contributed by atoms with Crippen molar-refractivity contribution >= 4 is 27.5 Å². The van der Waals surface area contributed by atoms with E-state index in [0.717, 1.165) is 4.31 Å². The molecule has 0 heterocycles. The van der Waals surface area contributed by atoms with E-state index in [9.17, 15) is 13.2 Å². The van der Waals surface area contributed by atoms with Crippen molar-refractivity contribution in [2.24, 2.45) is 0 Å². The molecule has 7 heteroatoms. The van der Waals surface area contributed by atoms with E-state index in [1.165, 1.54) is 36.2 Å². The van der Waals surface area contributed by atoms with Crippen molar-refractivity contribution in [3.8, 4) is 0 Å². The van der Waals surface area contributed by atoms with Gasteiger partial charge in [0.15, 0.2) is 0 Å². The van der Waals surface area contributed by atoms with E-state index in [4.69, 9.17) is 11.6 Å². The summed E-state index contributed by atoms with van der Waals surface area (Å²) >= 11 is 5.75. The summed E-state index contributed by atoms with van der Waals surface area (Å²) in [5, 5.41) is 0.445. The second kappa shape index (κ2) is 8.12.